The Morgan fingerprint density at radius 1 is 1.16 bits per heavy atom. The van der Waals surface area contributed by atoms with Crippen LogP contribution < -0.4 is 4.74 Å². The van der Waals surface area contributed by atoms with Crippen LogP contribution in [0.3, 0.4) is 0 Å². The SMILES string of the molecule is COc1ccc2ccc(C#N)cc2c1-c1ccoc1. The molecule has 0 aliphatic heterocycles. The van der Waals surface area contributed by atoms with Crippen LogP contribution in [-0.4, -0.2) is 7.11 Å². The van der Waals surface area contributed by atoms with Crippen molar-refractivity contribution in [2.24, 2.45) is 0 Å². The minimum Gasteiger partial charge on any atom is -0.496 e. The van der Waals surface area contributed by atoms with Crippen LogP contribution >= 0.6 is 0 Å². The van der Waals surface area contributed by atoms with Crippen LogP contribution in [0, 0.1) is 11.3 Å². The van der Waals surface area contributed by atoms with Gasteiger partial charge in [0.05, 0.1) is 31.3 Å². The molecule has 2 aromatic carbocycles. The number of hydrogen-bond acceptors (Lipinski definition) is 3. The lowest BCUT2D eigenvalue weighted by molar-refractivity contribution is 0.417. The number of rotatable bonds is 2. The molecule has 0 radical (unpaired) electrons. The predicted molar refractivity (Wildman–Crippen MR) is 72.9 cm³/mol. The number of methoxy groups -OCH3 is 1. The molecule has 0 aliphatic rings. The molecule has 92 valence electrons. The normalized spacial score (nSPS) is 10.3. The van der Waals surface area contributed by atoms with Crippen LogP contribution in [0.15, 0.2) is 53.3 Å². The maximum atomic E-state index is 9.05. The van der Waals surface area contributed by atoms with E-state index in [1.807, 2.05) is 36.4 Å². The van der Waals surface area contributed by atoms with Crippen molar-refractivity contribution in [3.63, 3.8) is 0 Å². The van der Waals surface area contributed by atoms with Gasteiger partial charge in [-0.2, -0.15) is 5.26 Å². The third-order valence-electron chi connectivity index (χ3n) is 3.14. The van der Waals surface area contributed by atoms with Crippen molar-refractivity contribution in [2.75, 3.05) is 7.11 Å². The number of ether oxygens (including phenoxy) is 1. The zero-order valence-electron chi connectivity index (χ0n) is 10.4. The standard InChI is InChI=1S/C16H11NO2/c1-18-15-5-4-12-3-2-11(9-17)8-14(12)16(15)13-6-7-19-10-13/h2-8,10H,1H3. The highest BCUT2D eigenvalue weighted by Crippen LogP contribution is 2.37. The first-order chi connectivity index (χ1) is 9.33. The van der Waals surface area contributed by atoms with Crippen molar-refractivity contribution in [3.8, 4) is 22.9 Å². The van der Waals surface area contributed by atoms with Gasteiger partial charge in [-0.1, -0.05) is 12.1 Å². The summed E-state index contributed by atoms with van der Waals surface area (Å²) in [4.78, 5) is 0. The van der Waals surface area contributed by atoms with Gasteiger partial charge in [0, 0.05) is 11.1 Å². The Labute approximate surface area is 110 Å². The van der Waals surface area contributed by atoms with E-state index >= 15 is 0 Å². The van der Waals surface area contributed by atoms with Crippen LogP contribution in [-0.2, 0) is 0 Å². The van der Waals surface area contributed by atoms with E-state index in [9.17, 15) is 0 Å². The highest BCUT2D eigenvalue weighted by Gasteiger charge is 2.12. The summed E-state index contributed by atoms with van der Waals surface area (Å²) in [6, 6.07) is 13.6. The van der Waals surface area contributed by atoms with Gasteiger partial charge in [-0.15, -0.1) is 0 Å². The van der Waals surface area contributed by atoms with Gasteiger partial charge in [-0.05, 0) is 35.0 Å². The maximum absolute atomic E-state index is 9.05. The molecule has 1 heterocycles. The summed E-state index contributed by atoms with van der Waals surface area (Å²) in [6.07, 6.45) is 3.30. The minimum atomic E-state index is 0.630. The van der Waals surface area contributed by atoms with Crippen LogP contribution in [0.1, 0.15) is 5.56 Å². The second-order valence-electron chi connectivity index (χ2n) is 4.20. The molecule has 0 saturated carbocycles. The fraction of sp³-hybridized carbons (Fsp3) is 0.0625. The molecule has 19 heavy (non-hydrogen) atoms. The number of hydrogen-bond donors (Lipinski definition) is 0. The number of furan rings is 1. The lowest BCUT2D eigenvalue weighted by Gasteiger charge is -2.10. The third kappa shape index (κ3) is 1.84. The van der Waals surface area contributed by atoms with Gasteiger partial charge in [0.1, 0.15) is 5.75 Å². The Balaban J connectivity index is 2.41. The van der Waals surface area contributed by atoms with Crippen molar-refractivity contribution >= 4 is 10.8 Å². The summed E-state index contributed by atoms with van der Waals surface area (Å²) in [5.74, 6) is 0.768. The van der Waals surface area contributed by atoms with Crippen LogP contribution in [0.25, 0.3) is 21.9 Å². The fourth-order valence-corrected chi connectivity index (χ4v) is 2.24. The van der Waals surface area contributed by atoms with E-state index in [1.165, 1.54) is 0 Å². The topological polar surface area (TPSA) is 46.2 Å². The molecule has 3 rings (SSSR count). The summed E-state index contributed by atoms with van der Waals surface area (Å²) in [5.41, 5.74) is 2.52. The second kappa shape index (κ2) is 4.51. The van der Waals surface area contributed by atoms with Crippen molar-refractivity contribution in [1.29, 1.82) is 5.26 Å². The molecular formula is C16H11NO2. The van der Waals surface area contributed by atoms with Crippen LogP contribution in [0.4, 0.5) is 0 Å². The number of nitriles is 1. The Hall–Kier alpha value is -2.73. The Bertz CT molecular complexity index is 767. The highest BCUT2D eigenvalue weighted by atomic mass is 16.5. The molecule has 0 fully saturated rings. The van der Waals surface area contributed by atoms with Crippen molar-refractivity contribution in [1.82, 2.24) is 0 Å². The lowest BCUT2D eigenvalue weighted by atomic mass is 9.97. The number of benzene rings is 2. The van der Waals surface area contributed by atoms with Gasteiger partial charge in [0.2, 0.25) is 0 Å². The van der Waals surface area contributed by atoms with Crippen molar-refractivity contribution < 1.29 is 9.15 Å². The zero-order chi connectivity index (χ0) is 13.2. The largest absolute Gasteiger partial charge is 0.496 e. The molecule has 0 spiro atoms. The van der Waals surface area contributed by atoms with E-state index in [4.69, 9.17) is 14.4 Å². The van der Waals surface area contributed by atoms with E-state index in [0.29, 0.717) is 5.56 Å². The van der Waals surface area contributed by atoms with Gasteiger partial charge in [-0.25, -0.2) is 0 Å². The van der Waals surface area contributed by atoms with E-state index in [-0.39, 0.29) is 0 Å². The quantitative estimate of drug-likeness (QED) is 0.690. The molecule has 0 aliphatic carbocycles. The van der Waals surface area contributed by atoms with E-state index in [0.717, 1.165) is 27.6 Å². The lowest BCUT2D eigenvalue weighted by Crippen LogP contribution is -1.89. The monoisotopic (exact) mass is 249 g/mol. The average molecular weight is 249 g/mol. The molecule has 1 aromatic heterocycles. The molecule has 0 atom stereocenters. The Kier molecular flexibility index (Phi) is 2.70. The molecule has 0 bridgehead atoms. The molecule has 3 nitrogen and oxygen atoms in total. The molecule has 0 unspecified atom stereocenters. The van der Waals surface area contributed by atoms with Gasteiger partial charge >= 0.3 is 0 Å². The molecule has 0 saturated heterocycles. The smallest absolute Gasteiger partial charge is 0.127 e. The fourth-order valence-electron chi connectivity index (χ4n) is 2.24. The summed E-state index contributed by atoms with van der Waals surface area (Å²) < 4.78 is 10.6. The van der Waals surface area contributed by atoms with E-state index < -0.39 is 0 Å². The molecule has 0 N–H and O–H groups in total. The summed E-state index contributed by atoms with van der Waals surface area (Å²) in [6.45, 7) is 0. The number of fused-ring (bicyclic) bond motifs is 1. The zero-order valence-corrected chi connectivity index (χ0v) is 10.4. The maximum Gasteiger partial charge on any atom is 0.127 e. The van der Waals surface area contributed by atoms with Gasteiger partial charge in [-0.3, -0.25) is 0 Å². The molecule has 3 aromatic rings. The van der Waals surface area contributed by atoms with E-state index in [1.54, 1.807) is 19.6 Å². The second-order valence-corrected chi connectivity index (χ2v) is 4.20. The van der Waals surface area contributed by atoms with Crippen molar-refractivity contribution in [3.05, 3.63) is 54.5 Å². The van der Waals surface area contributed by atoms with E-state index in [2.05, 4.69) is 6.07 Å². The van der Waals surface area contributed by atoms with Gasteiger partial charge in [0.15, 0.2) is 0 Å². The Morgan fingerprint density at radius 3 is 2.68 bits per heavy atom. The summed E-state index contributed by atoms with van der Waals surface area (Å²) in [7, 11) is 1.64. The summed E-state index contributed by atoms with van der Waals surface area (Å²) >= 11 is 0. The third-order valence-corrected chi connectivity index (χ3v) is 3.14. The average Bonchev–Trinajstić information content (AvgIpc) is 2.99. The van der Waals surface area contributed by atoms with Crippen LogP contribution in [0.5, 0.6) is 5.75 Å². The highest BCUT2D eigenvalue weighted by molar-refractivity contribution is 6.00. The first kappa shape index (κ1) is 11.4. The molecule has 0 amide bonds. The van der Waals surface area contributed by atoms with Crippen LogP contribution in [0.2, 0.25) is 0 Å². The Morgan fingerprint density at radius 2 is 2.00 bits per heavy atom. The van der Waals surface area contributed by atoms with Gasteiger partial charge < -0.3 is 9.15 Å². The predicted octanol–water partition coefficient (Wildman–Crippen LogP) is 3.98. The minimum absolute atomic E-state index is 0.630. The first-order valence-corrected chi connectivity index (χ1v) is 5.87. The summed E-state index contributed by atoms with van der Waals surface area (Å²) in [5, 5.41) is 11.1. The van der Waals surface area contributed by atoms with Crippen molar-refractivity contribution in [2.45, 2.75) is 0 Å². The molecule has 3 heteroatoms. The number of nitrogens with zero attached hydrogens (tertiary/aromatic N) is 1. The van der Waals surface area contributed by atoms with Gasteiger partial charge in [0.25, 0.3) is 0 Å². The molecular weight excluding hydrogens is 238 g/mol. The first-order valence-electron chi connectivity index (χ1n) is 5.87.